The summed E-state index contributed by atoms with van der Waals surface area (Å²) < 4.78 is 19.9. The van der Waals surface area contributed by atoms with Gasteiger partial charge in [0, 0.05) is 31.1 Å². The summed E-state index contributed by atoms with van der Waals surface area (Å²) in [6.45, 7) is 2.74. The zero-order valence-corrected chi connectivity index (χ0v) is 19.3. The van der Waals surface area contributed by atoms with Crippen molar-refractivity contribution in [2.24, 2.45) is 0 Å². The highest BCUT2D eigenvalue weighted by Crippen LogP contribution is 2.40. The van der Waals surface area contributed by atoms with Crippen molar-refractivity contribution in [3.05, 3.63) is 47.7 Å². The van der Waals surface area contributed by atoms with E-state index in [0.29, 0.717) is 41.1 Å². The number of hydrogen-bond donors (Lipinski definition) is 2. The Bertz CT molecular complexity index is 1370. The van der Waals surface area contributed by atoms with E-state index in [1.54, 1.807) is 31.1 Å². The van der Waals surface area contributed by atoms with E-state index in [1.165, 1.54) is 0 Å². The van der Waals surface area contributed by atoms with Crippen LogP contribution in [0.3, 0.4) is 0 Å². The number of aromatic nitrogens is 3. The number of rotatable bonds is 5. The van der Waals surface area contributed by atoms with Gasteiger partial charge in [0.25, 0.3) is 5.91 Å². The maximum absolute atomic E-state index is 14.0. The highest BCUT2D eigenvalue weighted by Gasteiger charge is 2.51. The van der Waals surface area contributed by atoms with Gasteiger partial charge in [-0.15, -0.1) is 10.2 Å². The summed E-state index contributed by atoms with van der Waals surface area (Å²) in [7, 11) is 1.72. The van der Waals surface area contributed by atoms with Gasteiger partial charge < -0.3 is 20.3 Å². The molecule has 1 aromatic carbocycles. The molecule has 5 rings (SSSR count). The second-order valence-corrected chi connectivity index (χ2v) is 8.62. The van der Waals surface area contributed by atoms with E-state index in [4.69, 9.17) is 4.74 Å². The number of hydrogen-bond acceptors (Lipinski definition) is 7. The van der Waals surface area contributed by atoms with E-state index < -0.39 is 11.6 Å². The second-order valence-electron chi connectivity index (χ2n) is 8.62. The lowest BCUT2D eigenvalue weighted by Gasteiger charge is -2.38. The number of nitrogens with one attached hydrogen (secondary N) is 2. The van der Waals surface area contributed by atoms with E-state index in [2.05, 4.69) is 37.7 Å². The van der Waals surface area contributed by atoms with Gasteiger partial charge in [-0.3, -0.25) is 9.59 Å². The average molecular weight is 474 g/mol. The number of benzene rings is 1. The number of nitrogens with zero attached hydrogens (tertiary/aromatic N) is 4. The molecule has 0 bridgehead atoms. The third-order valence-electron chi connectivity index (χ3n) is 6.00. The normalized spacial score (nSPS) is 16.0. The lowest BCUT2D eigenvalue weighted by Crippen LogP contribution is -2.55. The predicted octanol–water partition coefficient (Wildman–Crippen LogP) is 2.52. The van der Waals surface area contributed by atoms with Gasteiger partial charge in [0.15, 0.2) is 17.3 Å². The van der Waals surface area contributed by atoms with Gasteiger partial charge in [-0.2, -0.15) is 0 Å². The maximum Gasteiger partial charge on any atom is 0.263 e. The number of anilines is 2. The Morgan fingerprint density at radius 1 is 1.17 bits per heavy atom. The molecule has 3 aromatic rings. The number of fused-ring (bicyclic) bond motifs is 1. The Labute approximate surface area is 201 Å². The van der Waals surface area contributed by atoms with Crippen molar-refractivity contribution >= 4 is 34.4 Å². The Morgan fingerprint density at radius 3 is 2.57 bits per heavy atom. The van der Waals surface area contributed by atoms with Crippen molar-refractivity contribution in [1.82, 2.24) is 20.1 Å². The van der Waals surface area contributed by atoms with E-state index in [1.807, 2.05) is 24.3 Å². The molecule has 0 radical (unpaired) electrons. The van der Waals surface area contributed by atoms with Gasteiger partial charge >= 0.3 is 0 Å². The molecule has 0 atom stereocenters. The van der Waals surface area contributed by atoms with E-state index in [-0.39, 0.29) is 30.7 Å². The number of likely N-dealkylation sites (tertiary alicyclic amines) is 1. The molecule has 35 heavy (non-hydrogen) atoms. The van der Waals surface area contributed by atoms with Gasteiger partial charge in [-0.05, 0) is 43.2 Å². The van der Waals surface area contributed by atoms with Crippen LogP contribution < -0.4 is 15.4 Å². The van der Waals surface area contributed by atoms with E-state index >= 15 is 0 Å². The van der Waals surface area contributed by atoms with Crippen molar-refractivity contribution in [2.45, 2.75) is 31.5 Å². The van der Waals surface area contributed by atoms with E-state index in [0.717, 1.165) is 5.56 Å². The minimum Gasteiger partial charge on any atom is -0.487 e. The first-order chi connectivity index (χ1) is 16.8. The first-order valence-corrected chi connectivity index (χ1v) is 11.2. The zero-order valence-electron chi connectivity index (χ0n) is 19.3. The number of amides is 2. The second kappa shape index (κ2) is 8.83. The number of ether oxygens (including phenoxy) is 1. The average Bonchev–Trinajstić information content (AvgIpc) is 3.58. The lowest BCUT2D eigenvalue weighted by atomic mass is 10.1. The fourth-order valence-corrected chi connectivity index (χ4v) is 3.66. The van der Waals surface area contributed by atoms with Crippen molar-refractivity contribution < 1.29 is 18.7 Å². The summed E-state index contributed by atoms with van der Waals surface area (Å²) in [5.41, 5.74) is 0.0351. The van der Waals surface area contributed by atoms with Crippen LogP contribution >= 0.6 is 0 Å². The Kier molecular flexibility index (Phi) is 5.68. The molecule has 2 amide bonds. The fraction of sp³-hybridized carbons (Fsp3) is 0.320. The summed E-state index contributed by atoms with van der Waals surface area (Å²) in [6, 6.07) is 9.00. The lowest BCUT2D eigenvalue weighted by molar-refractivity contribution is -0.137. The molecule has 0 unspecified atom stereocenters. The molecule has 3 heterocycles. The number of halogens is 1. The van der Waals surface area contributed by atoms with E-state index in [9.17, 15) is 14.0 Å². The van der Waals surface area contributed by atoms with Crippen LogP contribution in [0, 0.1) is 11.8 Å². The molecule has 9 nitrogen and oxygen atoms in total. The van der Waals surface area contributed by atoms with Crippen molar-refractivity contribution in [3.8, 4) is 17.6 Å². The number of carbonyl (C=O) groups excluding carboxylic acids is 2. The Hall–Kier alpha value is -4.26. The molecule has 1 aliphatic carbocycles. The number of carbonyl (C=O) groups is 2. The number of alkyl halides is 1. The molecule has 178 valence electrons. The van der Waals surface area contributed by atoms with Crippen LogP contribution in [-0.2, 0) is 9.59 Å². The van der Waals surface area contributed by atoms with Gasteiger partial charge in [0.05, 0.1) is 18.7 Å². The third kappa shape index (κ3) is 4.71. The molecule has 0 spiro atoms. The fourth-order valence-electron chi connectivity index (χ4n) is 3.66. The van der Waals surface area contributed by atoms with Gasteiger partial charge in [0.1, 0.15) is 17.4 Å². The van der Waals surface area contributed by atoms with Crippen LogP contribution in [0.15, 0.2) is 36.5 Å². The molecule has 2 N–H and O–H groups in total. The van der Waals surface area contributed by atoms with Crippen LogP contribution in [0.25, 0.3) is 10.9 Å². The van der Waals surface area contributed by atoms with Crippen LogP contribution in [0.2, 0.25) is 0 Å². The largest absolute Gasteiger partial charge is 0.487 e. The quantitative estimate of drug-likeness (QED) is 0.547. The first-order valence-electron chi connectivity index (χ1n) is 11.2. The molecule has 10 heteroatoms. The predicted molar refractivity (Wildman–Crippen MR) is 128 cm³/mol. The molecular weight excluding hydrogens is 451 g/mol. The molecular formula is C25H23FN6O3. The summed E-state index contributed by atoms with van der Waals surface area (Å²) in [6.07, 6.45) is 2.04. The molecule has 2 aromatic heterocycles. The molecule has 1 aliphatic heterocycles. The van der Waals surface area contributed by atoms with Gasteiger partial charge in [-0.1, -0.05) is 11.8 Å². The molecule has 2 fully saturated rings. The molecule has 1 saturated carbocycles. The molecule has 2 aliphatic rings. The summed E-state index contributed by atoms with van der Waals surface area (Å²) in [5.74, 6) is 6.93. The highest BCUT2D eigenvalue weighted by atomic mass is 19.1. The van der Waals surface area contributed by atoms with Crippen LogP contribution in [-0.4, -0.2) is 63.8 Å². The topological polar surface area (TPSA) is 109 Å². The van der Waals surface area contributed by atoms with Crippen molar-refractivity contribution in [3.63, 3.8) is 0 Å². The Balaban J connectivity index is 1.35. The third-order valence-corrected chi connectivity index (χ3v) is 6.00. The number of pyridine rings is 1. The highest BCUT2D eigenvalue weighted by molar-refractivity contribution is 6.00. The minimum atomic E-state index is -1.81. The maximum atomic E-state index is 14.0. The monoisotopic (exact) mass is 474 g/mol. The van der Waals surface area contributed by atoms with Crippen LogP contribution in [0.5, 0.6) is 5.75 Å². The van der Waals surface area contributed by atoms with Crippen LogP contribution in [0.4, 0.5) is 16.0 Å². The summed E-state index contributed by atoms with van der Waals surface area (Å²) in [5, 5.41) is 14.3. The summed E-state index contributed by atoms with van der Waals surface area (Å²) in [4.78, 5) is 29.4. The van der Waals surface area contributed by atoms with Gasteiger partial charge in [-0.25, -0.2) is 9.37 Å². The van der Waals surface area contributed by atoms with Gasteiger partial charge in [0.2, 0.25) is 5.91 Å². The Morgan fingerprint density at radius 2 is 1.91 bits per heavy atom. The SMILES string of the molecule is CNc1ncc(C#Cc2ccc(OC3CN(C(C)=O)C3)cc2)c2cc(NC(=O)C3(F)CC3)nnc12. The van der Waals surface area contributed by atoms with Crippen molar-refractivity contribution in [2.75, 3.05) is 30.8 Å². The molecule has 1 saturated heterocycles. The smallest absolute Gasteiger partial charge is 0.263 e. The minimum absolute atomic E-state index is 0.00180. The zero-order chi connectivity index (χ0) is 24.6. The standard InChI is InChI=1S/C25H23FN6O3/c1-15(33)32-13-19(14-32)35-18-7-4-16(5-8-18)3-6-17-12-28-23(27-2)22-20(17)11-21(30-31-22)29-24(34)25(26)9-10-25/h4-5,7-8,11-12,19H,9-10,13-14H2,1-2H3,(H,27,28)(H,29,30,34). The van der Waals surface area contributed by atoms with Crippen LogP contribution in [0.1, 0.15) is 30.9 Å². The summed E-state index contributed by atoms with van der Waals surface area (Å²) >= 11 is 0. The first kappa shape index (κ1) is 22.5. The van der Waals surface area contributed by atoms with Crippen molar-refractivity contribution in [1.29, 1.82) is 0 Å².